The molecule has 1 aliphatic heterocycles. The maximum absolute atomic E-state index is 13.4. The number of hydrogen-bond donors (Lipinski definition) is 1. The Bertz CT molecular complexity index is 1260. The summed E-state index contributed by atoms with van der Waals surface area (Å²) >= 11 is 0. The molecule has 1 N–H and O–H groups in total. The molecule has 0 fully saturated rings. The van der Waals surface area contributed by atoms with E-state index in [9.17, 15) is 24.1 Å². The number of non-ortho nitro benzene ring substituents is 1. The summed E-state index contributed by atoms with van der Waals surface area (Å²) in [6.45, 7) is 3.73. The molecular weight excluding hydrogens is 413 g/mol. The summed E-state index contributed by atoms with van der Waals surface area (Å²) in [7, 11) is 0. The molecule has 8 heteroatoms. The van der Waals surface area contributed by atoms with Gasteiger partial charge in [-0.05, 0) is 79.1 Å². The van der Waals surface area contributed by atoms with Gasteiger partial charge in [0.25, 0.3) is 17.5 Å². The molecule has 1 heterocycles. The number of rotatable bonds is 5. The van der Waals surface area contributed by atoms with Crippen molar-refractivity contribution in [1.29, 1.82) is 0 Å². The second kappa shape index (κ2) is 8.07. The molecule has 0 saturated carbocycles. The van der Waals surface area contributed by atoms with Gasteiger partial charge in [0.2, 0.25) is 0 Å². The van der Waals surface area contributed by atoms with E-state index in [1.807, 2.05) is 19.9 Å². The largest absolute Gasteiger partial charge is 0.350 e. The van der Waals surface area contributed by atoms with Gasteiger partial charge >= 0.3 is 0 Å². The number of halogens is 1. The number of amides is 2. The molecule has 0 bridgehead atoms. The van der Waals surface area contributed by atoms with Crippen LogP contribution in [-0.4, -0.2) is 16.7 Å². The highest BCUT2D eigenvalue weighted by Gasteiger charge is 2.40. The van der Waals surface area contributed by atoms with Crippen LogP contribution in [0.25, 0.3) is 5.57 Å². The summed E-state index contributed by atoms with van der Waals surface area (Å²) in [6.07, 6.45) is 0. The van der Waals surface area contributed by atoms with Crippen LogP contribution in [0.15, 0.2) is 72.4 Å². The molecule has 0 unspecified atom stereocenters. The average Bonchev–Trinajstić information content (AvgIpc) is 2.98. The zero-order valence-electron chi connectivity index (χ0n) is 17.3. The van der Waals surface area contributed by atoms with Gasteiger partial charge in [-0.15, -0.1) is 0 Å². The first kappa shape index (κ1) is 20.9. The number of anilines is 2. The van der Waals surface area contributed by atoms with Crippen LogP contribution in [0.2, 0.25) is 0 Å². The number of benzene rings is 3. The van der Waals surface area contributed by atoms with Crippen molar-refractivity contribution in [1.82, 2.24) is 0 Å². The molecule has 4 rings (SSSR count). The lowest BCUT2D eigenvalue weighted by atomic mass is 10.0. The molecule has 2 amide bonds. The number of nitro groups is 1. The first-order valence-electron chi connectivity index (χ1n) is 9.73. The third-order valence-corrected chi connectivity index (χ3v) is 5.03. The number of nitro benzene ring substituents is 1. The number of hydrogen-bond acceptors (Lipinski definition) is 5. The van der Waals surface area contributed by atoms with Crippen molar-refractivity contribution >= 4 is 34.4 Å². The molecule has 0 aromatic heterocycles. The Balaban J connectivity index is 1.83. The van der Waals surface area contributed by atoms with E-state index in [-0.39, 0.29) is 17.0 Å². The van der Waals surface area contributed by atoms with Gasteiger partial charge in [0.05, 0.1) is 16.2 Å². The lowest BCUT2D eigenvalue weighted by Gasteiger charge is -2.17. The second-order valence-corrected chi connectivity index (χ2v) is 7.48. The van der Waals surface area contributed by atoms with Crippen LogP contribution in [0.3, 0.4) is 0 Å². The lowest BCUT2D eigenvalue weighted by Crippen LogP contribution is -2.32. The van der Waals surface area contributed by atoms with Crippen LogP contribution in [0.4, 0.5) is 21.5 Å². The first-order chi connectivity index (χ1) is 15.2. The van der Waals surface area contributed by atoms with Gasteiger partial charge in [0.15, 0.2) is 0 Å². The van der Waals surface area contributed by atoms with Crippen molar-refractivity contribution in [2.24, 2.45) is 0 Å². The summed E-state index contributed by atoms with van der Waals surface area (Å²) in [5, 5.41) is 13.9. The Morgan fingerprint density at radius 1 is 0.875 bits per heavy atom. The SMILES string of the molecule is Cc1cc(C)cc(N2C(=O)C(Nc3ccc(F)cc3)=C(c3ccc([N+](=O)[O-])cc3)C2=O)c1. The van der Waals surface area contributed by atoms with Crippen molar-refractivity contribution in [2.45, 2.75) is 13.8 Å². The van der Waals surface area contributed by atoms with E-state index < -0.39 is 22.6 Å². The van der Waals surface area contributed by atoms with Crippen LogP contribution in [0, 0.1) is 29.8 Å². The van der Waals surface area contributed by atoms with Gasteiger partial charge in [0, 0.05) is 17.8 Å². The fourth-order valence-electron chi connectivity index (χ4n) is 3.66. The molecule has 0 atom stereocenters. The highest BCUT2D eigenvalue weighted by atomic mass is 19.1. The van der Waals surface area contributed by atoms with E-state index in [2.05, 4.69) is 5.32 Å². The van der Waals surface area contributed by atoms with Crippen LogP contribution >= 0.6 is 0 Å². The van der Waals surface area contributed by atoms with Crippen LogP contribution in [-0.2, 0) is 9.59 Å². The van der Waals surface area contributed by atoms with Gasteiger partial charge < -0.3 is 5.32 Å². The zero-order valence-corrected chi connectivity index (χ0v) is 17.3. The van der Waals surface area contributed by atoms with E-state index in [0.717, 1.165) is 16.0 Å². The molecular formula is C24H18FN3O4. The highest BCUT2D eigenvalue weighted by Crippen LogP contribution is 2.35. The Kier molecular flexibility index (Phi) is 5.28. The smallest absolute Gasteiger partial charge is 0.282 e. The summed E-state index contributed by atoms with van der Waals surface area (Å²) in [5.41, 5.74) is 2.92. The molecule has 0 radical (unpaired) electrons. The molecule has 1 aliphatic rings. The fraction of sp³-hybridized carbons (Fsp3) is 0.0833. The normalized spacial score (nSPS) is 13.7. The molecule has 160 valence electrons. The number of carbonyl (C=O) groups excluding carboxylic acids is 2. The number of nitrogens with zero attached hydrogens (tertiary/aromatic N) is 2. The van der Waals surface area contributed by atoms with Gasteiger partial charge in [-0.25, -0.2) is 9.29 Å². The highest BCUT2D eigenvalue weighted by molar-refractivity contribution is 6.46. The molecule has 0 aliphatic carbocycles. The predicted molar refractivity (Wildman–Crippen MR) is 118 cm³/mol. The fourth-order valence-corrected chi connectivity index (χ4v) is 3.66. The monoisotopic (exact) mass is 431 g/mol. The third-order valence-electron chi connectivity index (χ3n) is 5.03. The van der Waals surface area contributed by atoms with Crippen molar-refractivity contribution in [3.63, 3.8) is 0 Å². The maximum Gasteiger partial charge on any atom is 0.282 e. The number of aryl methyl sites for hydroxylation is 2. The van der Waals surface area contributed by atoms with Gasteiger partial charge in [-0.3, -0.25) is 19.7 Å². The summed E-state index contributed by atoms with van der Waals surface area (Å²) in [6, 6.07) is 16.2. The van der Waals surface area contributed by atoms with Crippen molar-refractivity contribution in [3.05, 3.63) is 105 Å². The third kappa shape index (κ3) is 3.85. The quantitative estimate of drug-likeness (QED) is 0.358. The lowest BCUT2D eigenvalue weighted by molar-refractivity contribution is -0.384. The van der Waals surface area contributed by atoms with E-state index in [4.69, 9.17) is 0 Å². The van der Waals surface area contributed by atoms with Crippen molar-refractivity contribution in [2.75, 3.05) is 10.2 Å². The Hall–Kier alpha value is -4.33. The van der Waals surface area contributed by atoms with Crippen molar-refractivity contribution < 1.29 is 18.9 Å². The Morgan fingerprint density at radius 2 is 1.47 bits per heavy atom. The first-order valence-corrected chi connectivity index (χ1v) is 9.73. The summed E-state index contributed by atoms with van der Waals surface area (Å²) in [5.74, 6) is -1.57. The molecule has 3 aromatic carbocycles. The Labute approximate surface area is 182 Å². The molecule has 0 spiro atoms. The van der Waals surface area contributed by atoms with Crippen LogP contribution in [0.5, 0.6) is 0 Å². The minimum Gasteiger partial charge on any atom is -0.350 e. The summed E-state index contributed by atoms with van der Waals surface area (Å²) < 4.78 is 13.3. The molecule has 3 aromatic rings. The number of nitrogens with one attached hydrogen (secondary N) is 1. The zero-order chi connectivity index (χ0) is 23.0. The van der Waals surface area contributed by atoms with Gasteiger partial charge in [-0.1, -0.05) is 6.07 Å². The topological polar surface area (TPSA) is 92.6 Å². The minimum atomic E-state index is -0.572. The van der Waals surface area contributed by atoms with Gasteiger partial charge in [-0.2, -0.15) is 0 Å². The Morgan fingerprint density at radius 3 is 2.03 bits per heavy atom. The van der Waals surface area contributed by atoms with E-state index >= 15 is 0 Å². The van der Waals surface area contributed by atoms with Crippen LogP contribution in [0.1, 0.15) is 16.7 Å². The number of carbonyl (C=O) groups is 2. The standard InChI is InChI=1S/C24H18FN3O4/c1-14-11-15(2)13-20(12-14)27-23(29)21(16-3-9-19(10-4-16)28(31)32)22(24(27)30)26-18-7-5-17(25)6-8-18/h3-13,26H,1-2H3. The summed E-state index contributed by atoms with van der Waals surface area (Å²) in [4.78, 5) is 38.3. The van der Waals surface area contributed by atoms with E-state index in [0.29, 0.717) is 16.9 Å². The van der Waals surface area contributed by atoms with Crippen LogP contribution < -0.4 is 10.2 Å². The maximum atomic E-state index is 13.4. The van der Waals surface area contributed by atoms with E-state index in [1.54, 1.807) is 12.1 Å². The average molecular weight is 431 g/mol. The molecule has 0 saturated heterocycles. The molecule has 32 heavy (non-hydrogen) atoms. The molecule has 7 nitrogen and oxygen atoms in total. The number of imide groups is 1. The predicted octanol–water partition coefficient (Wildman–Crippen LogP) is 4.75. The second-order valence-electron chi connectivity index (χ2n) is 7.48. The van der Waals surface area contributed by atoms with Crippen molar-refractivity contribution in [3.8, 4) is 0 Å². The van der Waals surface area contributed by atoms with Gasteiger partial charge in [0.1, 0.15) is 11.5 Å². The van der Waals surface area contributed by atoms with E-state index in [1.165, 1.54) is 48.5 Å². The minimum absolute atomic E-state index is 0.00891.